The number of hydrogen-bond acceptors (Lipinski definition) is 8. The quantitative estimate of drug-likeness (QED) is 0.178. The highest BCUT2D eigenvalue weighted by molar-refractivity contribution is 5.88. The lowest BCUT2D eigenvalue weighted by Crippen LogP contribution is -2.31. The zero-order chi connectivity index (χ0) is 30.9. The van der Waals surface area contributed by atoms with Crippen molar-refractivity contribution in [2.24, 2.45) is 0 Å². The third kappa shape index (κ3) is 8.20. The summed E-state index contributed by atoms with van der Waals surface area (Å²) < 4.78 is 12.2. The molecule has 2 aliphatic heterocycles. The molecule has 0 aliphatic carbocycles. The fraction of sp³-hybridized carbons (Fsp3) is 0.412. The van der Waals surface area contributed by atoms with Gasteiger partial charge >= 0.3 is 0 Å². The van der Waals surface area contributed by atoms with E-state index in [1.165, 1.54) is 12.5 Å². The van der Waals surface area contributed by atoms with Crippen LogP contribution in [0.1, 0.15) is 39.5 Å². The van der Waals surface area contributed by atoms with E-state index >= 15 is 0 Å². The molecule has 0 spiro atoms. The Kier molecular flexibility index (Phi) is 10.9. The van der Waals surface area contributed by atoms with Crippen molar-refractivity contribution < 1.29 is 14.3 Å². The molecule has 3 heterocycles. The number of amides is 1. The average molecular weight is 587 g/mol. The van der Waals surface area contributed by atoms with Gasteiger partial charge in [-0.15, -0.1) is 0 Å². The summed E-state index contributed by atoms with van der Waals surface area (Å²) in [5.41, 5.74) is 4.30. The van der Waals surface area contributed by atoms with Crippen molar-refractivity contribution in [3.8, 4) is 11.6 Å². The summed E-state index contributed by atoms with van der Waals surface area (Å²) in [6.07, 6.45) is 9.32. The van der Waals surface area contributed by atoms with Gasteiger partial charge in [0.05, 0.1) is 12.8 Å². The number of carbonyl (C=O) groups is 1. The fourth-order valence-electron chi connectivity index (χ4n) is 5.40. The first-order valence-electron chi connectivity index (χ1n) is 15.0. The molecule has 2 saturated heterocycles. The smallest absolute Gasteiger partial charge is 0.247 e. The van der Waals surface area contributed by atoms with E-state index in [0.29, 0.717) is 29.2 Å². The molecule has 2 aromatic rings. The summed E-state index contributed by atoms with van der Waals surface area (Å²) in [7, 11) is 5.96. The summed E-state index contributed by atoms with van der Waals surface area (Å²) in [6.45, 7) is 15.0. The molecule has 0 saturated carbocycles. The van der Waals surface area contributed by atoms with E-state index in [4.69, 9.17) is 14.5 Å². The van der Waals surface area contributed by atoms with E-state index in [-0.39, 0.29) is 5.91 Å². The molecule has 43 heavy (non-hydrogen) atoms. The number of aromatic nitrogens is 1. The lowest BCUT2D eigenvalue weighted by Gasteiger charge is -2.30. The first-order valence-corrected chi connectivity index (χ1v) is 15.0. The molecule has 2 N–H and O–H groups in total. The first kappa shape index (κ1) is 31.7. The Bertz CT molecular complexity index is 1380. The largest absolute Gasteiger partial charge is 0.494 e. The number of hydrogen-bond donors (Lipinski definition) is 2. The minimum atomic E-state index is -0.305. The van der Waals surface area contributed by atoms with Gasteiger partial charge in [0.1, 0.15) is 23.0 Å². The number of carbonyl (C=O) groups excluding carboxylic acids is 1. The number of rotatable bonds is 12. The predicted molar refractivity (Wildman–Crippen MR) is 177 cm³/mol. The molecule has 9 heteroatoms. The second kappa shape index (κ2) is 14.8. The summed E-state index contributed by atoms with van der Waals surface area (Å²) in [6, 6.07) is 10.8. The predicted octanol–water partition coefficient (Wildman–Crippen LogP) is 6.01. The standard InChI is InChI=1S/C34H46N6O3/c1-8-24(3)29(36-33(41)9-2)21-25(4)43-34-30(39-18-11-10-12-19-39)15-16-32(37-34)35-28-14-13-26(22-31(28)42-7)40-20-17-27(23-40)38(5)6/h8-9,13-16,21-22,27H,1-2,10-12,17-20,23H2,3-7H3,(H,35,37)(H,36,41)/b25-21+,29-24+. The van der Waals surface area contributed by atoms with Gasteiger partial charge in [-0.2, -0.15) is 4.98 Å². The maximum absolute atomic E-state index is 12.0. The number of nitrogens with zero attached hydrogens (tertiary/aromatic N) is 4. The van der Waals surface area contributed by atoms with Crippen molar-refractivity contribution in [3.63, 3.8) is 0 Å². The van der Waals surface area contributed by atoms with Crippen LogP contribution < -0.4 is 29.9 Å². The van der Waals surface area contributed by atoms with Gasteiger partial charge in [-0.05, 0) is 89.5 Å². The molecule has 0 radical (unpaired) electrons. The average Bonchev–Trinajstić information content (AvgIpc) is 3.52. The van der Waals surface area contributed by atoms with Crippen molar-refractivity contribution >= 4 is 28.8 Å². The number of ether oxygens (including phenoxy) is 2. The minimum Gasteiger partial charge on any atom is -0.494 e. The Balaban J connectivity index is 1.61. The molecule has 1 amide bonds. The number of anilines is 4. The molecule has 1 aromatic carbocycles. The molecule has 9 nitrogen and oxygen atoms in total. The maximum atomic E-state index is 12.0. The molecule has 2 fully saturated rings. The SMILES string of the molecule is C=CC(=O)NC(/C=C(\C)Oc1nc(Nc2ccc(N3CCC(N(C)C)C3)cc2OC)ccc1N1CCCCC1)=C(\C)C=C. The van der Waals surface area contributed by atoms with E-state index in [1.54, 1.807) is 19.3 Å². The Morgan fingerprint density at radius 2 is 1.81 bits per heavy atom. The van der Waals surface area contributed by atoms with Crippen LogP contribution >= 0.6 is 0 Å². The van der Waals surface area contributed by atoms with Crippen LogP contribution in [-0.4, -0.2) is 69.2 Å². The van der Waals surface area contributed by atoms with Crippen LogP contribution in [0.25, 0.3) is 0 Å². The van der Waals surface area contributed by atoms with Crippen LogP contribution in [0.4, 0.5) is 22.9 Å². The summed E-state index contributed by atoms with van der Waals surface area (Å²) in [4.78, 5) is 24.0. The van der Waals surface area contributed by atoms with Crippen molar-refractivity contribution in [2.75, 3.05) is 62.5 Å². The third-order valence-electron chi connectivity index (χ3n) is 8.02. The van der Waals surface area contributed by atoms with Gasteiger partial charge in [-0.1, -0.05) is 19.2 Å². The number of pyridine rings is 1. The van der Waals surface area contributed by atoms with Crippen LogP contribution in [0.3, 0.4) is 0 Å². The third-order valence-corrected chi connectivity index (χ3v) is 8.02. The molecule has 1 unspecified atom stereocenters. The Morgan fingerprint density at radius 3 is 2.47 bits per heavy atom. The van der Waals surface area contributed by atoms with Crippen molar-refractivity contribution in [1.82, 2.24) is 15.2 Å². The van der Waals surface area contributed by atoms with Crippen LogP contribution in [0.5, 0.6) is 11.6 Å². The van der Waals surface area contributed by atoms with Crippen molar-refractivity contribution in [2.45, 2.75) is 45.6 Å². The van der Waals surface area contributed by atoms with Gasteiger partial charge in [0, 0.05) is 55.7 Å². The molecule has 230 valence electrons. The number of allylic oxidation sites excluding steroid dienone is 4. The molecule has 1 aromatic heterocycles. The monoisotopic (exact) mass is 586 g/mol. The lowest BCUT2D eigenvalue weighted by atomic mass is 10.1. The minimum absolute atomic E-state index is 0.305. The van der Waals surface area contributed by atoms with Crippen molar-refractivity contribution in [1.29, 1.82) is 0 Å². The van der Waals surface area contributed by atoms with E-state index in [1.807, 2.05) is 26.0 Å². The number of nitrogens with one attached hydrogen (secondary N) is 2. The molecule has 2 aliphatic rings. The fourth-order valence-corrected chi connectivity index (χ4v) is 5.40. The van der Waals surface area contributed by atoms with Gasteiger partial charge in [-0.3, -0.25) is 4.79 Å². The summed E-state index contributed by atoms with van der Waals surface area (Å²) in [5.74, 6) is 2.15. The highest BCUT2D eigenvalue weighted by Gasteiger charge is 2.25. The Labute approximate surface area is 256 Å². The van der Waals surface area contributed by atoms with E-state index in [9.17, 15) is 4.79 Å². The molecule has 4 rings (SSSR count). The van der Waals surface area contributed by atoms with Gasteiger partial charge in [-0.25, -0.2) is 0 Å². The Hall–Kier alpha value is -4.24. The van der Waals surface area contributed by atoms with Gasteiger partial charge in [0.15, 0.2) is 0 Å². The normalized spacial score (nSPS) is 17.8. The molecule has 1 atom stereocenters. The highest BCUT2D eigenvalue weighted by Crippen LogP contribution is 2.36. The number of piperidine rings is 1. The number of benzene rings is 1. The van der Waals surface area contributed by atoms with E-state index < -0.39 is 0 Å². The molecular formula is C34H46N6O3. The lowest BCUT2D eigenvalue weighted by molar-refractivity contribution is -0.115. The van der Waals surface area contributed by atoms with Crippen LogP contribution in [0.2, 0.25) is 0 Å². The van der Waals surface area contributed by atoms with Gasteiger partial charge < -0.3 is 34.8 Å². The van der Waals surface area contributed by atoms with Gasteiger partial charge in [0.2, 0.25) is 11.8 Å². The second-order valence-corrected chi connectivity index (χ2v) is 11.3. The zero-order valence-electron chi connectivity index (χ0n) is 26.3. The summed E-state index contributed by atoms with van der Waals surface area (Å²) >= 11 is 0. The molecular weight excluding hydrogens is 540 g/mol. The van der Waals surface area contributed by atoms with Crippen LogP contribution in [0.15, 0.2) is 78.7 Å². The van der Waals surface area contributed by atoms with E-state index in [2.05, 4.69) is 70.8 Å². The second-order valence-electron chi connectivity index (χ2n) is 11.3. The van der Waals surface area contributed by atoms with Gasteiger partial charge in [0.25, 0.3) is 0 Å². The Morgan fingerprint density at radius 1 is 1.05 bits per heavy atom. The molecule has 0 bridgehead atoms. The maximum Gasteiger partial charge on any atom is 0.247 e. The topological polar surface area (TPSA) is 82.2 Å². The van der Waals surface area contributed by atoms with Crippen molar-refractivity contribution in [3.05, 3.63) is 78.7 Å². The van der Waals surface area contributed by atoms with E-state index in [0.717, 1.165) is 73.8 Å². The van der Waals surface area contributed by atoms with Crippen LogP contribution in [0, 0.1) is 0 Å². The zero-order valence-corrected chi connectivity index (χ0v) is 26.3. The summed E-state index contributed by atoms with van der Waals surface area (Å²) in [5, 5.41) is 6.28. The highest BCUT2D eigenvalue weighted by atomic mass is 16.5. The van der Waals surface area contributed by atoms with Crippen LogP contribution in [-0.2, 0) is 4.79 Å². The number of likely N-dealkylation sites (N-methyl/N-ethyl adjacent to an activating group) is 1. The number of methoxy groups -OCH3 is 1. The first-order chi connectivity index (χ1) is 20.7.